The number of aromatic carboxylic acids is 1. The first kappa shape index (κ1) is 15.4. The Morgan fingerprint density at radius 2 is 1.96 bits per heavy atom. The Labute approximate surface area is 131 Å². The number of benzene rings is 1. The number of carboxylic acid groups (broad SMARTS) is 1. The highest BCUT2D eigenvalue weighted by molar-refractivity contribution is 6.03. The molecule has 1 atom stereocenters. The van der Waals surface area contributed by atoms with E-state index >= 15 is 0 Å². The van der Waals surface area contributed by atoms with Gasteiger partial charge >= 0.3 is 11.9 Å². The number of nitrogens with zero attached hydrogens (tertiary/aromatic N) is 2. The van der Waals surface area contributed by atoms with Gasteiger partial charge in [0.25, 0.3) is 5.69 Å². The molecule has 1 unspecified atom stereocenters. The zero-order valence-electron chi connectivity index (χ0n) is 12.3. The molecule has 3 aliphatic heterocycles. The number of nitro benzene ring substituents is 1. The molecule has 23 heavy (non-hydrogen) atoms. The number of non-ortho nitro benzene ring substituents is 1. The van der Waals surface area contributed by atoms with E-state index in [9.17, 15) is 19.7 Å². The van der Waals surface area contributed by atoms with Crippen molar-refractivity contribution < 1.29 is 24.4 Å². The summed E-state index contributed by atoms with van der Waals surface area (Å²) in [6, 6.07) is 3.09. The molecule has 1 N–H and O–H groups in total. The van der Waals surface area contributed by atoms with E-state index in [0.717, 1.165) is 44.1 Å². The van der Waals surface area contributed by atoms with Crippen LogP contribution in [0.2, 0.25) is 0 Å². The number of esters is 1. The van der Waals surface area contributed by atoms with Crippen molar-refractivity contribution >= 4 is 17.6 Å². The van der Waals surface area contributed by atoms with Gasteiger partial charge in [0.2, 0.25) is 0 Å². The number of fused-ring (bicyclic) bond motifs is 3. The largest absolute Gasteiger partial charge is 0.478 e. The van der Waals surface area contributed by atoms with Gasteiger partial charge in [-0.2, -0.15) is 0 Å². The Morgan fingerprint density at radius 1 is 1.26 bits per heavy atom. The van der Waals surface area contributed by atoms with E-state index in [2.05, 4.69) is 4.90 Å². The standard InChI is InChI=1S/C15H16N2O6/c18-14(19)11-2-1-10(17(21)22)7-12(11)15(20)23-13-8-16-5-3-9(13)4-6-16/h1-2,7,9,13H,3-6,8H2,(H,18,19). The molecule has 122 valence electrons. The molecule has 3 heterocycles. The van der Waals surface area contributed by atoms with Crippen LogP contribution in [0.5, 0.6) is 0 Å². The van der Waals surface area contributed by atoms with Gasteiger partial charge in [0.15, 0.2) is 0 Å². The highest BCUT2D eigenvalue weighted by Gasteiger charge is 2.37. The molecule has 4 rings (SSSR count). The van der Waals surface area contributed by atoms with E-state index in [4.69, 9.17) is 9.84 Å². The molecule has 0 spiro atoms. The Balaban J connectivity index is 1.84. The van der Waals surface area contributed by atoms with Gasteiger partial charge in [-0.05, 0) is 37.9 Å². The molecule has 3 saturated heterocycles. The van der Waals surface area contributed by atoms with E-state index in [0.29, 0.717) is 6.54 Å². The Hall–Kier alpha value is -2.48. The average Bonchev–Trinajstić information content (AvgIpc) is 2.55. The number of ether oxygens (including phenoxy) is 1. The van der Waals surface area contributed by atoms with Gasteiger partial charge in [0.1, 0.15) is 6.10 Å². The van der Waals surface area contributed by atoms with E-state index in [1.807, 2.05) is 0 Å². The summed E-state index contributed by atoms with van der Waals surface area (Å²) in [5.41, 5.74) is -0.902. The summed E-state index contributed by atoms with van der Waals surface area (Å²) in [5.74, 6) is -1.86. The van der Waals surface area contributed by atoms with Crippen molar-refractivity contribution in [3.8, 4) is 0 Å². The van der Waals surface area contributed by atoms with Crippen molar-refractivity contribution in [2.45, 2.75) is 18.9 Å². The monoisotopic (exact) mass is 320 g/mol. The van der Waals surface area contributed by atoms with Crippen LogP contribution in [0.4, 0.5) is 5.69 Å². The molecule has 3 aliphatic rings. The number of carbonyl (C=O) groups excluding carboxylic acids is 1. The molecule has 1 aromatic rings. The molecule has 0 saturated carbocycles. The fraction of sp³-hybridized carbons (Fsp3) is 0.467. The zero-order valence-corrected chi connectivity index (χ0v) is 12.3. The molecule has 0 aromatic heterocycles. The molecule has 0 aliphatic carbocycles. The van der Waals surface area contributed by atoms with Crippen molar-refractivity contribution in [1.82, 2.24) is 4.90 Å². The fourth-order valence-electron chi connectivity index (χ4n) is 3.25. The molecule has 3 fully saturated rings. The van der Waals surface area contributed by atoms with E-state index in [1.54, 1.807) is 0 Å². The fourth-order valence-corrected chi connectivity index (χ4v) is 3.25. The Bertz CT molecular complexity index is 666. The van der Waals surface area contributed by atoms with Crippen LogP contribution in [-0.2, 0) is 4.74 Å². The Kier molecular flexibility index (Phi) is 3.99. The van der Waals surface area contributed by atoms with E-state index in [-0.39, 0.29) is 28.8 Å². The van der Waals surface area contributed by atoms with Crippen LogP contribution < -0.4 is 0 Å². The third-order valence-electron chi connectivity index (χ3n) is 4.52. The van der Waals surface area contributed by atoms with Crippen molar-refractivity contribution in [2.24, 2.45) is 5.92 Å². The predicted molar refractivity (Wildman–Crippen MR) is 78.4 cm³/mol. The van der Waals surface area contributed by atoms with Gasteiger partial charge in [0, 0.05) is 18.7 Å². The molecule has 1 aromatic carbocycles. The lowest BCUT2D eigenvalue weighted by Gasteiger charge is -2.43. The lowest BCUT2D eigenvalue weighted by Crippen LogP contribution is -2.52. The highest BCUT2D eigenvalue weighted by atomic mass is 16.6. The maximum Gasteiger partial charge on any atom is 0.339 e. The number of rotatable bonds is 4. The summed E-state index contributed by atoms with van der Waals surface area (Å²) in [4.78, 5) is 36.0. The third kappa shape index (κ3) is 3.02. The maximum atomic E-state index is 12.4. The first-order chi connectivity index (χ1) is 11.0. The quantitative estimate of drug-likeness (QED) is 0.509. The Morgan fingerprint density at radius 3 is 2.48 bits per heavy atom. The summed E-state index contributed by atoms with van der Waals surface area (Å²) < 4.78 is 5.47. The molecular weight excluding hydrogens is 304 g/mol. The molecule has 0 radical (unpaired) electrons. The van der Waals surface area contributed by atoms with Crippen LogP contribution >= 0.6 is 0 Å². The summed E-state index contributed by atoms with van der Waals surface area (Å²) in [6.07, 6.45) is 1.60. The molecule has 0 amide bonds. The smallest absolute Gasteiger partial charge is 0.339 e. The van der Waals surface area contributed by atoms with Crippen molar-refractivity contribution in [1.29, 1.82) is 0 Å². The van der Waals surface area contributed by atoms with Gasteiger partial charge in [0.05, 0.1) is 16.1 Å². The van der Waals surface area contributed by atoms with Crippen LogP contribution in [0, 0.1) is 16.0 Å². The topological polar surface area (TPSA) is 110 Å². The molecule has 2 bridgehead atoms. The lowest BCUT2D eigenvalue weighted by atomic mass is 9.86. The second kappa shape index (κ2) is 5.96. The minimum absolute atomic E-state index is 0.274. The SMILES string of the molecule is O=C(O)c1ccc([N+](=O)[O-])cc1C(=O)OC1CN2CCC1CC2. The number of piperidine rings is 3. The molecule has 8 heteroatoms. The van der Waals surface area contributed by atoms with Crippen LogP contribution in [0.15, 0.2) is 18.2 Å². The van der Waals surface area contributed by atoms with Crippen LogP contribution in [-0.4, -0.2) is 52.6 Å². The molecule has 8 nitrogen and oxygen atoms in total. The van der Waals surface area contributed by atoms with Gasteiger partial charge in [-0.15, -0.1) is 0 Å². The van der Waals surface area contributed by atoms with Crippen molar-refractivity contribution in [3.05, 3.63) is 39.4 Å². The van der Waals surface area contributed by atoms with E-state index in [1.165, 1.54) is 0 Å². The van der Waals surface area contributed by atoms with Crippen molar-refractivity contribution in [2.75, 3.05) is 19.6 Å². The second-order valence-electron chi connectivity index (χ2n) is 5.87. The number of hydrogen-bond donors (Lipinski definition) is 1. The first-order valence-corrected chi connectivity index (χ1v) is 7.41. The van der Waals surface area contributed by atoms with Crippen LogP contribution in [0.1, 0.15) is 33.6 Å². The normalized spacial score (nSPS) is 25.8. The predicted octanol–water partition coefficient (Wildman–Crippen LogP) is 1.54. The maximum absolute atomic E-state index is 12.4. The summed E-state index contributed by atoms with van der Waals surface area (Å²) in [6.45, 7) is 2.60. The van der Waals surface area contributed by atoms with Gasteiger partial charge in [-0.25, -0.2) is 9.59 Å². The summed E-state index contributed by atoms with van der Waals surface area (Å²) in [5, 5.41) is 20.0. The highest BCUT2D eigenvalue weighted by Crippen LogP contribution is 2.30. The van der Waals surface area contributed by atoms with Crippen LogP contribution in [0.3, 0.4) is 0 Å². The number of carboxylic acids is 1. The first-order valence-electron chi connectivity index (χ1n) is 7.41. The number of carbonyl (C=O) groups is 2. The lowest BCUT2D eigenvalue weighted by molar-refractivity contribution is -0.384. The van der Waals surface area contributed by atoms with E-state index < -0.39 is 16.9 Å². The molecular formula is C15H16N2O6. The van der Waals surface area contributed by atoms with Gasteiger partial charge in [-0.3, -0.25) is 15.0 Å². The second-order valence-corrected chi connectivity index (χ2v) is 5.87. The number of nitro groups is 1. The average molecular weight is 320 g/mol. The third-order valence-corrected chi connectivity index (χ3v) is 4.52. The summed E-state index contributed by atoms with van der Waals surface area (Å²) >= 11 is 0. The minimum Gasteiger partial charge on any atom is -0.478 e. The number of hydrogen-bond acceptors (Lipinski definition) is 6. The summed E-state index contributed by atoms with van der Waals surface area (Å²) in [7, 11) is 0. The van der Waals surface area contributed by atoms with Gasteiger partial charge < -0.3 is 9.84 Å². The van der Waals surface area contributed by atoms with Crippen LogP contribution in [0.25, 0.3) is 0 Å². The zero-order chi connectivity index (χ0) is 16.6. The van der Waals surface area contributed by atoms with Crippen molar-refractivity contribution in [3.63, 3.8) is 0 Å². The minimum atomic E-state index is -1.32. The van der Waals surface area contributed by atoms with Gasteiger partial charge in [-0.1, -0.05) is 0 Å².